The molecule has 0 spiro atoms. The van der Waals surface area contributed by atoms with Gasteiger partial charge in [0.25, 0.3) is 0 Å². The Hall–Kier alpha value is -1.55. The van der Waals surface area contributed by atoms with Gasteiger partial charge in [-0.1, -0.05) is 25.0 Å². The molecule has 0 aliphatic heterocycles. The van der Waals surface area contributed by atoms with E-state index in [0.717, 1.165) is 44.1 Å². The molecule has 1 amide bonds. The second-order valence-electron chi connectivity index (χ2n) is 5.94. The SMILES string of the molecule is CC(CCc1ccc(O)cc1)NC(=O)C1(N)CCCC1. The van der Waals surface area contributed by atoms with Crippen LogP contribution in [0, 0.1) is 0 Å². The Kier molecular flexibility index (Phi) is 4.65. The van der Waals surface area contributed by atoms with E-state index in [1.54, 1.807) is 12.1 Å². The summed E-state index contributed by atoms with van der Waals surface area (Å²) in [5.74, 6) is 0.273. The number of phenolic OH excluding ortho intramolecular Hbond substituents is 1. The van der Waals surface area contributed by atoms with E-state index in [2.05, 4.69) is 5.32 Å². The summed E-state index contributed by atoms with van der Waals surface area (Å²) in [7, 11) is 0. The number of phenols is 1. The van der Waals surface area contributed by atoms with Crippen LogP contribution in [0.4, 0.5) is 0 Å². The third-order valence-corrected chi connectivity index (χ3v) is 4.13. The van der Waals surface area contributed by atoms with Gasteiger partial charge in [0, 0.05) is 6.04 Å². The zero-order valence-corrected chi connectivity index (χ0v) is 12.1. The van der Waals surface area contributed by atoms with Crippen LogP contribution in [0.15, 0.2) is 24.3 Å². The Labute approximate surface area is 120 Å². The molecule has 1 atom stereocenters. The predicted molar refractivity (Wildman–Crippen MR) is 79.4 cm³/mol. The third kappa shape index (κ3) is 3.73. The number of hydrogen-bond acceptors (Lipinski definition) is 3. The van der Waals surface area contributed by atoms with Crippen molar-refractivity contribution in [3.05, 3.63) is 29.8 Å². The van der Waals surface area contributed by atoms with Crippen molar-refractivity contribution in [3.8, 4) is 5.75 Å². The highest BCUT2D eigenvalue weighted by atomic mass is 16.3. The molecule has 0 saturated heterocycles. The van der Waals surface area contributed by atoms with E-state index in [-0.39, 0.29) is 17.7 Å². The van der Waals surface area contributed by atoms with Crippen LogP contribution >= 0.6 is 0 Å². The molecule has 1 aliphatic rings. The number of nitrogens with one attached hydrogen (secondary N) is 1. The second kappa shape index (κ2) is 6.27. The lowest BCUT2D eigenvalue weighted by atomic mass is 9.97. The average Bonchev–Trinajstić information content (AvgIpc) is 2.86. The minimum atomic E-state index is -0.646. The molecule has 0 bridgehead atoms. The highest BCUT2D eigenvalue weighted by molar-refractivity contribution is 5.86. The summed E-state index contributed by atoms with van der Waals surface area (Å²) in [6.07, 6.45) is 5.43. The van der Waals surface area contributed by atoms with E-state index >= 15 is 0 Å². The monoisotopic (exact) mass is 276 g/mol. The van der Waals surface area contributed by atoms with Gasteiger partial charge in [-0.25, -0.2) is 0 Å². The maximum absolute atomic E-state index is 12.2. The van der Waals surface area contributed by atoms with Gasteiger partial charge in [-0.2, -0.15) is 0 Å². The first-order chi connectivity index (χ1) is 9.49. The molecular formula is C16H24N2O2. The molecule has 1 aliphatic carbocycles. The van der Waals surface area contributed by atoms with Crippen LogP contribution in [0.1, 0.15) is 44.6 Å². The van der Waals surface area contributed by atoms with Crippen molar-refractivity contribution in [2.24, 2.45) is 5.73 Å². The molecule has 110 valence electrons. The van der Waals surface area contributed by atoms with Gasteiger partial charge in [0.1, 0.15) is 5.75 Å². The van der Waals surface area contributed by atoms with Crippen molar-refractivity contribution in [2.75, 3.05) is 0 Å². The number of aryl methyl sites for hydroxylation is 1. The van der Waals surface area contributed by atoms with Gasteiger partial charge in [0.05, 0.1) is 5.54 Å². The van der Waals surface area contributed by atoms with Crippen molar-refractivity contribution in [2.45, 2.75) is 57.0 Å². The molecule has 1 aromatic carbocycles. The molecule has 0 radical (unpaired) electrons. The Balaban J connectivity index is 1.79. The number of amides is 1. The maximum Gasteiger partial charge on any atom is 0.240 e. The topological polar surface area (TPSA) is 75.3 Å². The minimum absolute atomic E-state index is 0.00629. The van der Waals surface area contributed by atoms with Gasteiger partial charge in [0.15, 0.2) is 0 Å². The van der Waals surface area contributed by atoms with Crippen LogP contribution in [-0.4, -0.2) is 22.6 Å². The number of aromatic hydroxyl groups is 1. The molecule has 20 heavy (non-hydrogen) atoms. The van der Waals surface area contributed by atoms with Crippen LogP contribution in [-0.2, 0) is 11.2 Å². The minimum Gasteiger partial charge on any atom is -0.508 e. The quantitative estimate of drug-likeness (QED) is 0.771. The lowest BCUT2D eigenvalue weighted by Crippen LogP contribution is -2.54. The molecule has 4 N–H and O–H groups in total. The summed E-state index contributed by atoms with van der Waals surface area (Å²) < 4.78 is 0. The summed E-state index contributed by atoms with van der Waals surface area (Å²) in [6, 6.07) is 7.30. The first kappa shape index (κ1) is 14.9. The Morgan fingerprint density at radius 3 is 2.55 bits per heavy atom. The van der Waals surface area contributed by atoms with Gasteiger partial charge in [-0.3, -0.25) is 4.79 Å². The first-order valence-corrected chi connectivity index (χ1v) is 7.37. The van der Waals surface area contributed by atoms with Crippen LogP contribution in [0.5, 0.6) is 5.75 Å². The molecule has 1 saturated carbocycles. The zero-order chi connectivity index (χ0) is 14.6. The molecule has 1 fully saturated rings. The van der Waals surface area contributed by atoms with E-state index < -0.39 is 5.54 Å². The van der Waals surface area contributed by atoms with Gasteiger partial charge < -0.3 is 16.2 Å². The van der Waals surface area contributed by atoms with Crippen molar-refractivity contribution in [1.29, 1.82) is 0 Å². The summed E-state index contributed by atoms with van der Waals surface area (Å²) >= 11 is 0. The standard InChI is InChI=1S/C16H24N2O2/c1-12(4-5-13-6-8-14(19)9-7-13)18-15(20)16(17)10-2-3-11-16/h6-9,12,19H,2-5,10-11,17H2,1H3,(H,18,20). The highest BCUT2D eigenvalue weighted by Crippen LogP contribution is 2.27. The molecule has 4 nitrogen and oxygen atoms in total. The second-order valence-corrected chi connectivity index (χ2v) is 5.94. The first-order valence-electron chi connectivity index (χ1n) is 7.37. The van der Waals surface area contributed by atoms with Crippen molar-refractivity contribution >= 4 is 5.91 Å². The normalized spacial score (nSPS) is 18.7. The van der Waals surface area contributed by atoms with E-state index in [1.165, 1.54) is 0 Å². The van der Waals surface area contributed by atoms with Crippen LogP contribution in [0.25, 0.3) is 0 Å². The maximum atomic E-state index is 12.2. The number of carbonyl (C=O) groups is 1. The van der Waals surface area contributed by atoms with Gasteiger partial charge >= 0.3 is 0 Å². The van der Waals surface area contributed by atoms with E-state index in [9.17, 15) is 9.90 Å². The third-order valence-electron chi connectivity index (χ3n) is 4.13. The van der Waals surface area contributed by atoms with Gasteiger partial charge in [-0.05, 0) is 50.3 Å². The number of benzene rings is 1. The predicted octanol–water partition coefficient (Wildman–Crippen LogP) is 2.10. The summed E-state index contributed by atoms with van der Waals surface area (Å²) in [6.45, 7) is 2.01. The van der Waals surface area contributed by atoms with Crippen LogP contribution in [0.2, 0.25) is 0 Å². The molecule has 1 aromatic rings. The van der Waals surface area contributed by atoms with Crippen molar-refractivity contribution in [1.82, 2.24) is 5.32 Å². The Morgan fingerprint density at radius 1 is 1.35 bits per heavy atom. The van der Waals surface area contributed by atoms with Crippen molar-refractivity contribution in [3.63, 3.8) is 0 Å². The molecule has 2 rings (SSSR count). The Bertz CT molecular complexity index is 450. The van der Waals surface area contributed by atoms with E-state index in [0.29, 0.717) is 0 Å². The fourth-order valence-corrected chi connectivity index (χ4v) is 2.72. The number of nitrogens with two attached hydrogens (primary N) is 1. The lowest BCUT2D eigenvalue weighted by molar-refractivity contribution is -0.126. The summed E-state index contributed by atoms with van der Waals surface area (Å²) in [4.78, 5) is 12.2. The molecule has 0 heterocycles. The smallest absolute Gasteiger partial charge is 0.240 e. The van der Waals surface area contributed by atoms with E-state index in [4.69, 9.17) is 5.73 Å². The van der Waals surface area contributed by atoms with E-state index in [1.807, 2.05) is 19.1 Å². The van der Waals surface area contributed by atoms with Crippen LogP contribution in [0.3, 0.4) is 0 Å². The fraction of sp³-hybridized carbons (Fsp3) is 0.562. The average molecular weight is 276 g/mol. The lowest BCUT2D eigenvalue weighted by Gasteiger charge is -2.25. The number of rotatable bonds is 5. The zero-order valence-electron chi connectivity index (χ0n) is 12.1. The highest BCUT2D eigenvalue weighted by Gasteiger charge is 2.37. The summed E-state index contributed by atoms with van der Waals surface area (Å²) in [5.41, 5.74) is 6.65. The molecule has 4 heteroatoms. The van der Waals surface area contributed by atoms with Crippen molar-refractivity contribution < 1.29 is 9.90 Å². The molecular weight excluding hydrogens is 252 g/mol. The fourth-order valence-electron chi connectivity index (χ4n) is 2.72. The number of carbonyl (C=O) groups excluding carboxylic acids is 1. The van der Waals surface area contributed by atoms with Gasteiger partial charge in [-0.15, -0.1) is 0 Å². The largest absolute Gasteiger partial charge is 0.508 e. The molecule has 1 unspecified atom stereocenters. The van der Waals surface area contributed by atoms with Gasteiger partial charge in [0.2, 0.25) is 5.91 Å². The summed E-state index contributed by atoms with van der Waals surface area (Å²) in [5, 5.41) is 12.3. The number of hydrogen-bond donors (Lipinski definition) is 3. The Morgan fingerprint density at radius 2 is 1.95 bits per heavy atom. The molecule has 0 aromatic heterocycles. The van der Waals surface area contributed by atoms with Crippen LogP contribution < -0.4 is 11.1 Å².